The fourth-order valence-corrected chi connectivity index (χ4v) is 1.90. The topological polar surface area (TPSA) is 34.2 Å². The van der Waals surface area contributed by atoms with Crippen molar-refractivity contribution in [2.75, 3.05) is 25.1 Å². The second kappa shape index (κ2) is 5.33. The van der Waals surface area contributed by atoms with Gasteiger partial charge in [-0.2, -0.15) is 0 Å². The molecule has 1 aromatic heterocycles. The van der Waals surface area contributed by atoms with Crippen molar-refractivity contribution in [1.29, 1.82) is 0 Å². The van der Waals surface area contributed by atoms with Crippen LogP contribution in [0.15, 0.2) is 18.3 Å². The molecule has 2 rings (SSSR count). The summed E-state index contributed by atoms with van der Waals surface area (Å²) in [7, 11) is 0. The van der Waals surface area contributed by atoms with E-state index < -0.39 is 0 Å². The average molecular weight is 227 g/mol. The van der Waals surface area contributed by atoms with Crippen LogP contribution in [0.1, 0.15) is 12.8 Å². The van der Waals surface area contributed by atoms with Crippen LogP contribution in [-0.2, 0) is 4.74 Å². The first-order chi connectivity index (χ1) is 7.36. The third-order valence-corrected chi connectivity index (χ3v) is 2.96. The minimum Gasteiger partial charge on any atom is -0.381 e. The summed E-state index contributed by atoms with van der Waals surface area (Å²) in [5.74, 6) is 1.46. The quantitative estimate of drug-likeness (QED) is 0.860. The van der Waals surface area contributed by atoms with E-state index in [2.05, 4.69) is 10.3 Å². The zero-order valence-electron chi connectivity index (χ0n) is 8.58. The molecule has 1 aliphatic rings. The molecule has 0 aliphatic carbocycles. The monoisotopic (exact) mass is 226 g/mol. The molecule has 4 heteroatoms. The Bertz CT molecular complexity index is 313. The normalized spacial score (nSPS) is 17.7. The first kappa shape index (κ1) is 10.7. The molecule has 0 atom stereocenters. The highest BCUT2D eigenvalue weighted by Gasteiger charge is 2.13. The van der Waals surface area contributed by atoms with Gasteiger partial charge in [-0.3, -0.25) is 0 Å². The molecule has 1 saturated heterocycles. The molecule has 15 heavy (non-hydrogen) atoms. The summed E-state index contributed by atoms with van der Waals surface area (Å²) in [6, 6.07) is 3.68. The van der Waals surface area contributed by atoms with E-state index in [-0.39, 0.29) is 0 Å². The summed E-state index contributed by atoms with van der Waals surface area (Å²) in [4.78, 5) is 4.19. The second-order valence-electron chi connectivity index (χ2n) is 3.77. The van der Waals surface area contributed by atoms with Crippen molar-refractivity contribution in [1.82, 2.24) is 4.98 Å². The van der Waals surface area contributed by atoms with Gasteiger partial charge in [-0.25, -0.2) is 4.98 Å². The standard InChI is InChI=1S/C11H15ClN2O/c12-10-2-1-5-13-11(10)14-8-9-3-6-15-7-4-9/h1-2,5,9H,3-4,6-8H2,(H,13,14). The largest absolute Gasteiger partial charge is 0.381 e. The van der Waals surface area contributed by atoms with Crippen molar-refractivity contribution in [3.8, 4) is 0 Å². The third-order valence-electron chi connectivity index (χ3n) is 2.66. The first-order valence-corrected chi connectivity index (χ1v) is 5.66. The molecule has 0 radical (unpaired) electrons. The van der Waals surface area contributed by atoms with E-state index in [0.717, 1.165) is 38.4 Å². The van der Waals surface area contributed by atoms with Crippen molar-refractivity contribution in [2.24, 2.45) is 5.92 Å². The number of hydrogen-bond acceptors (Lipinski definition) is 3. The molecule has 1 aromatic rings. The molecule has 82 valence electrons. The van der Waals surface area contributed by atoms with Crippen molar-refractivity contribution in [2.45, 2.75) is 12.8 Å². The van der Waals surface area contributed by atoms with Gasteiger partial charge in [0, 0.05) is 26.0 Å². The van der Waals surface area contributed by atoms with Crippen LogP contribution in [0.25, 0.3) is 0 Å². The molecule has 0 saturated carbocycles. The molecule has 1 fully saturated rings. The summed E-state index contributed by atoms with van der Waals surface area (Å²) in [5.41, 5.74) is 0. The van der Waals surface area contributed by atoms with Crippen molar-refractivity contribution < 1.29 is 4.74 Å². The smallest absolute Gasteiger partial charge is 0.144 e. The van der Waals surface area contributed by atoms with Crippen LogP contribution in [0.2, 0.25) is 5.02 Å². The Balaban J connectivity index is 1.84. The molecule has 1 aliphatic heterocycles. The minimum atomic E-state index is 0.678. The molecule has 0 unspecified atom stereocenters. The average Bonchev–Trinajstić information content (AvgIpc) is 2.29. The lowest BCUT2D eigenvalue weighted by Gasteiger charge is -2.22. The molecular weight excluding hydrogens is 212 g/mol. The Labute approximate surface area is 94.8 Å². The molecular formula is C11H15ClN2O. The van der Waals surface area contributed by atoms with E-state index in [0.29, 0.717) is 10.9 Å². The Hall–Kier alpha value is -0.800. The zero-order valence-corrected chi connectivity index (χ0v) is 9.33. The number of nitrogens with zero attached hydrogens (tertiary/aromatic N) is 1. The van der Waals surface area contributed by atoms with Crippen LogP contribution >= 0.6 is 11.6 Å². The van der Waals surface area contributed by atoms with Gasteiger partial charge in [0.15, 0.2) is 0 Å². The number of halogens is 1. The second-order valence-corrected chi connectivity index (χ2v) is 4.18. The fourth-order valence-electron chi connectivity index (χ4n) is 1.71. The van der Waals surface area contributed by atoms with E-state index in [1.807, 2.05) is 12.1 Å². The predicted octanol–water partition coefficient (Wildman–Crippen LogP) is 2.57. The molecule has 2 heterocycles. The van der Waals surface area contributed by atoms with Crippen LogP contribution in [0, 0.1) is 5.92 Å². The van der Waals surface area contributed by atoms with Gasteiger partial charge in [0.2, 0.25) is 0 Å². The lowest BCUT2D eigenvalue weighted by atomic mass is 10.0. The predicted molar refractivity (Wildman–Crippen MR) is 61.3 cm³/mol. The van der Waals surface area contributed by atoms with E-state index in [1.54, 1.807) is 6.20 Å². The Morgan fingerprint density at radius 2 is 2.27 bits per heavy atom. The SMILES string of the molecule is Clc1cccnc1NCC1CCOCC1. The number of aromatic nitrogens is 1. The highest BCUT2D eigenvalue weighted by Crippen LogP contribution is 2.20. The van der Waals surface area contributed by atoms with Gasteiger partial charge < -0.3 is 10.1 Å². The van der Waals surface area contributed by atoms with Crippen molar-refractivity contribution >= 4 is 17.4 Å². The third kappa shape index (κ3) is 3.08. The highest BCUT2D eigenvalue weighted by atomic mass is 35.5. The number of rotatable bonds is 3. The van der Waals surface area contributed by atoms with Crippen LogP contribution in [0.3, 0.4) is 0 Å². The lowest BCUT2D eigenvalue weighted by Crippen LogP contribution is -2.22. The van der Waals surface area contributed by atoms with E-state index >= 15 is 0 Å². The molecule has 3 nitrogen and oxygen atoms in total. The number of nitrogens with one attached hydrogen (secondary N) is 1. The molecule has 0 spiro atoms. The highest BCUT2D eigenvalue weighted by molar-refractivity contribution is 6.32. The van der Waals surface area contributed by atoms with E-state index in [1.165, 1.54) is 0 Å². The van der Waals surface area contributed by atoms with Crippen molar-refractivity contribution in [3.63, 3.8) is 0 Å². The maximum Gasteiger partial charge on any atom is 0.144 e. The van der Waals surface area contributed by atoms with E-state index in [9.17, 15) is 0 Å². The molecule has 0 amide bonds. The maximum atomic E-state index is 5.99. The van der Waals surface area contributed by atoms with Gasteiger partial charge in [0.25, 0.3) is 0 Å². The summed E-state index contributed by atoms with van der Waals surface area (Å²) in [5, 5.41) is 3.97. The van der Waals surface area contributed by atoms with Crippen LogP contribution in [0.4, 0.5) is 5.82 Å². The lowest BCUT2D eigenvalue weighted by molar-refractivity contribution is 0.0699. The van der Waals surface area contributed by atoms with Crippen molar-refractivity contribution in [3.05, 3.63) is 23.4 Å². The van der Waals surface area contributed by atoms with Gasteiger partial charge >= 0.3 is 0 Å². The number of anilines is 1. The number of ether oxygens (including phenoxy) is 1. The minimum absolute atomic E-state index is 0.678. The van der Waals surface area contributed by atoms with Gasteiger partial charge in [-0.15, -0.1) is 0 Å². The van der Waals surface area contributed by atoms with Crippen LogP contribution < -0.4 is 5.32 Å². The van der Waals surface area contributed by atoms with Gasteiger partial charge in [0.1, 0.15) is 5.82 Å². The summed E-state index contributed by atoms with van der Waals surface area (Å²) in [6.07, 6.45) is 3.99. The number of hydrogen-bond donors (Lipinski definition) is 1. The summed E-state index contributed by atoms with van der Waals surface area (Å²) < 4.78 is 5.31. The maximum absolute atomic E-state index is 5.99. The van der Waals surface area contributed by atoms with Gasteiger partial charge in [0.05, 0.1) is 5.02 Å². The molecule has 0 aromatic carbocycles. The van der Waals surface area contributed by atoms with Crippen LogP contribution in [0.5, 0.6) is 0 Å². The number of pyridine rings is 1. The van der Waals surface area contributed by atoms with Gasteiger partial charge in [-0.05, 0) is 30.9 Å². The van der Waals surface area contributed by atoms with E-state index in [4.69, 9.17) is 16.3 Å². The molecule has 1 N–H and O–H groups in total. The Morgan fingerprint density at radius 3 is 3.00 bits per heavy atom. The Kier molecular flexibility index (Phi) is 3.80. The van der Waals surface area contributed by atoms with Crippen LogP contribution in [-0.4, -0.2) is 24.7 Å². The fraction of sp³-hybridized carbons (Fsp3) is 0.545. The molecule has 0 bridgehead atoms. The zero-order chi connectivity index (χ0) is 10.5. The van der Waals surface area contributed by atoms with Gasteiger partial charge in [-0.1, -0.05) is 11.6 Å². The summed E-state index contributed by atoms with van der Waals surface area (Å²) in [6.45, 7) is 2.69. The summed E-state index contributed by atoms with van der Waals surface area (Å²) >= 11 is 5.99. The first-order valence-electron chi connectivity index (χ1n) is 5.28. The Morgan fingerprint density at radius 1 is 1.47 bits per heavy atom.